The molecule has 4 heteroatoms. The molecule has 1 aromatic carbocycles. The quantitative estimate of drug-likeness (QED) is 0.917. The van der Waals surface area contributed by atoms with E-state index < -0.39 is 0 Å². The molecule has 1 fully saturated rings. The van der Waals surface area contributed by atoms with E-state index in [1.807, 2.05) is 18.5 Å². The number of ether oxygens (including phenoxy) is 2. The fraction of sp³-hybridized carbons (Fsp3) is 0.389. The van der Waals surface area contributed by atoms with E-state index in [1.165, 1.54) is 17.5 Å². The number of rotatable bonds is 2. The van der Waals surface area contributed by atoms with Gasteiger partial charge >= 0.3 is 0 Å². The number of anilines is 1. The summed E-state index contributed by atoms with van der Waals surface area (Å²) in [4.78, 5) is 4.14. The van der Waals surface area contributed by atoms with Crippen molar-refractivity contribution in [3.05, 3.63) is 53.9 Å². The predicted octanol–water partition coefficient (Wildman–Crippen LogP) is 3.72. The number of nitrogens with zero attached hydrogens (tertiary/aromatic N) is 1. The average Bonchev–Trinajstić information content (AvgIpc) is 2.61. The molecule has 0 aliphatic carbocycles. The van der Waals surface area contributed by atoms with E-state index in [9.17, 15) is 0 Å². The van der Waals surface area contributed by atoms with Crippen molar-refractivity contribution in [3.8, 4) is 5.75 Å². The highest BCUT2D eigenvalue weighted by Crippen LogP contribution is 2.49. The van der Waals surface area contributed by atoms with Crippen LogP contribution in [0.2, 0.25) is 0 Å². The maximum atomic E-state index is 6.15. The molecule has 0 saturated carbocycles. The van der Waals surface area contributed by atoms with Gasteiger partial charge in [-0.15, -0.1) is 0 Å². The zero-order valence-corrected chi connectivity index (χ0v) is 12.7. The number of fused-ring (bicyclic) bond motifs is 3. The lowest BCUT2D eigenvalue weighted by atomic mass is 9.77. The molecule has 3 atom stereocenters. The second kappa shape index (κ2) is 5.61. The molecule has 3 heterocycles. The van der Waals surface area contributed by atoms with Crippen molar-refractivity contribution < 1.29 is 9.47 Å². The third-order valence-corrected chi connectivity index (χ3v) is 4.74. The molecule has 2 aliphatic heterocycles. The summed E-state index contributed by atoms with van der Waals surface area (Å²) in [5.41, 5.74) is 3.64. The van der Waals surface area contributed by atoms with E-state index >= 15 is 0 Å². The van der Waals surface area contributed by atoms with Gasteiger partial charge in [0, 0.05) is 36.2 Å². The summed E-state index contributed by atoms with van der Waals surface area (Å²) in [5.74, 6) is 1.33. The Hall–Kier alpha value is -2.07. The lowest BCUT2D eigenvalue weighted by molar-refractivity contribution is -0.0382. The number of nitrogens with one attached hydrogen (secondary N) is 1. The predicted molar refractivity (Wildman–Crippen MR) is 85.0 cm³/mol. The Morgan fingerprint density at radius 1 is 1.23 bits per heavy atom. The Morgan fingerprint density at radius 3 is 2.91 bits per heavy atom. The molecule has 0 spiro atoms. The van der Waals surface area contributed by atoms with Crippen LogP contribution in [0.4, 0.5) is 5.69 Å². The van der Waals surface area contributed by atoms with Crippen LogP contribution in [0.15, 0.2) is 42.7 Å². The highest BCUT2D eigenvalue weighted by atomic mass is 16.5. The Kier molecular flexibility index (Phi) is 3.47. The molecule has 0 unspecified atom stereocenters. The van der Waals surface area contributed by atoms with Crippen molar-refractivity contribution in [3.63, 3.8) is 0 Å². The molecule has 4 rings (SSSR count). The Bertz CT molecular complexity index is 659. The molecule has 2 aromatic rings. The fourth-order valence-electron chi connectivity index (χ4n) is 3.68. The van der Waals surface area contributed by atoms with Crippen molar-refractivity contribution in [1.29, 1.82) is 0 Å². The first-order chi connectivity index (χ1) is 10.9. The van der Waals surface area contributed by atoms with Gasteiger partial charge in [-0.2, -0.15) is 0 Å². The van der Waals surface area contributed by atoms with Gasteiger partial charge in [-0.3, -0.25) is 4.98 Å². The van der Waals surface area contributed by atoms with E-state index in [2.05, 4.69) is 34.6 Å². The summed E-state index contributed by atoms with van der Waals surface area (Å²) in [7, 11) is 1.71. The van der Waals surface area contributed by atoms with Gasteiger partial charge in [0.25, 0.3) is 0 Å². The van der Waals surface area contributed by atoms with Gasteiger partial charge in [0.15, 0.2) is 0 Å². The van der Waals surface area contributed by atoms with Crippen molar-refractivity contribution in [1.82, 2.24) is 4.98 Å². The fourth-order valence-corrected chi connectivity index (χ4v) is 3.68. The van der Waals surface area contributed by atoms with Gasteiger partial charge in [-0.25, -0.2) is 0 Å². The van der Waals surface area contributed by atoms with Crippen LogP contribution in [0, 0.1) is 5.92 Å². The zero-order valence-electron chi connectivity index (χ0n) is 12.7. The molecule has 114 valence electrons. The van der Waals surface area contributed by atoms with E-state index in [0.717, 1.165) is 24.5 Å². The summed E-state index contributed by atoms with van der Waals surface area (Å²) in [5, 5.41) is 3.70. The van der Waals surface area contributed by atoms with Gasteiger partial charge in [-0.1, -0.05) is 0 Å². The van der Waals surface area contributed by atoms with Gasteiger partial charge in [0.05, 0.1) is 19.3 Å². The van der Waals surface area contributed by atoms with E-state index in [1.54, 1.807) is 7.11 Å². The number of pyridine rings is 1. The van der Waals surface area contributed by atoms with Crippen LogP contribution in [0.3, 0.4) is 0 Å². The van der Waals surface area contributed by atoms with Crippen LogP contribution in [0.1, 0.15) is 36.1 Å². The molecular formula is C18H20N2O2. The SMILES string of the molecule is COc1ccc2c(c1)[C@@H]1OCCC[C@H]1[C@@H](c1ccncc1)N2. The molecule has 1 saturated heterocycles. The summed E-state index contributed by atoms with van der Waals surface area (Å²) in [6, 6.07) is 10.7. The smallest absolute Gasteiger partial charge is 0.119 e. The Balaban J connectivity index is 1.77. The number of methoxy groups -OCH3 is 1. The van der Waals surface area contributed by atoms with Gasteiger partial charge in [0.1, 0.15) is 5.75 Å². The third-order valence-electron chi connectivity index (χ3n) is 4.74. The van der Waals surface area contributed by atoms with Crippen molar-refractivity contribution in [2.75, 3.05) is 19.0 Å². The van der Waals surface area contributed by atoms with Crippen LogP contribution in [-0.2, 0) is 4.74 Å². The van der Waals surface area contributed by atoms with Crippen molar-refractivity contribution >= 4 is 5.69 Å². The monoisotopic (exact) mass is 296 g/mol. The van der Waals surface area contributed by atoms with Crippen molar-refractivity contribution in [2.24, 2.45) is 5.92 Å². The largest absolute Gasteiger partial charge is 0.497 e. The minimum absolute atomic E-state index is 0.137. The average molecular weight is 296 g/mol. The molecule has 2 aliphatic rings. The molecule has 1 N–H and O–H groups in total. The molecule has 0 amide bonds. The summed E-state index contributed by atoms with van der Waals surface area (Å²) < 4.78 is 11.5. The van der Waals surface area contributed by atoms with Crippen LogP contribution in [0.5, 0.6) is 5.75 Å². The normalized spacial score (nSPS) is 26.5. The number of aromatic nitrogens is 1. The van der Waals surface area contributed by atoms with Crippen molar-refractivity contribution in [2.45, 2.75) is 25.0 Å². The summed E-state index contributed by atoms with van der Waals surface area (Å²) in [6.07, 6.45) is 6.14. The second-order valence-corrected chi connectivity index (χ2v) is 5.95. The molecule has 0 bridgehead atoms. The minimum Gasteiger partial charge on any atom is -0.497 e. The van der Waals surface area contributed by atoms with E-state index in [0.29, 0.717) is 5.92 Å². The number of benzene rings is 1. The minimum atomic E-state index is 0.137. The van der Waals surface area contributed by atoms with E-state index in [-0.39, 0.29) is 12.1 Å². The van der Waals surface area contributed by atoms with Gasteiger partial charge < -0.3 is 14.8 Å². The number of hydrogen-bond donors (Lipinski definition) is 1. The van der Waals surface area contributed by atoms with Crippen LogP contribution in [-0.4, -0.2) is 18.7 Å². The Labute approximate surface area is 130 Å². The number of hydrogen-bond acceptors (Lipinski definition) is 4. The van der Waals surface area contributed by atoms with Gasteiger partial charge in [0.2, 0.25) is 0 Å². The maximum Gasteiger partial charge on any atom is 0.119 e. The van der Waals surface area contributed by atoms with Crippen LogP contribution < -0.4 is 10.1 Å². The highest BCUT2D eigenvalue weighted by molar-refractivity contribution is 5.59. The standard InChI is InChI=1S/C18H20N2O2/c1-21-13-4-5-16-15(11-13)18-14(3-2-10-22-18)17(20-16)12-6-8-19-9-7-12/h4-9,11,14,17-18,20H,2-3,10H2,1H3/t14-,17+,18+/m0/s1. The Morgan fingerprint density at radius 2 is 2.09 bits per heavy atom. The maximum absolute atomic E-state index is 6.15. The summed E-state index contributed by atoms with van der Waals surface area (Å²) >= 11 is 0. The van der Waals surface area contributed by atoms with Gasteiger partial charge in [-0.05, 0) is 48.7 Å². The lowest BCUT2D eigenvalue weighted by Gasteiger charge is -2.43. The first-order valence-corrected chi connectivity index (χ1v) is 7.83. The first kappa shape index (κ1) is 13.6. The van der Waals surface area contributed by atoms with Crippen LogP contribution >= 0.6 is 0 Å². The zero-order chi connectivity index (χ0) is 14.9. The van der Waals surface area contributed by atoms with Crippen LogP contribution in [0.25, 0.3) is 0 Å². The molecule has 1 aromatic heterocycles. The first-order valence-electron chi connectivity index (χ1n) is 7.83. The molecular weight excluding hydrogens is 276 g/mol. The third kappa shape index (κ3) is 2.24. The lowest BCUT2D eigenvalue weighted by Crippen LogP contribution is -2.36. The summed E-state index contributed by atoms with van der Waals surface area (Å²) in [6.45, 7) is 0.834. The van der Waals surface area contributed by atoms with E-state index in [4.69, 9.17) is 9.47 Å². The molecule has 0 radical (unpaired) electrons. The highest BCUT2D eigenvalue weighted by Gasteiger charge is 2.39. The molecule has 4 nitrogen and oxygen atoms in total. The second-order valence-electron chi connectivity index (χ2n) is 5.95. The topological polar surface area (TPSA) is 43.4 Å². The molecule has 22 heavy (non-hydrogen) atoms.